The second-order valence-electron chi connectivity index (χ2n) is 3.57. The van der Waals surface area contributed by atoms with Crippen molar-refractivity contribution in [3.63, 3.8) is 0 Å². The maximum Gasteiger partial charge on any atom is 0.332 e. The third kappa shape index (κ3) is 2.98. The summed E-state index contributed by atoms with van der Waals surface area (Å²) in [5.41, 5.74) is 1.27. The fraction of sp³-hybridized carbons (Fsp3) is 0.364. The van der Waals surface area contributed by atoms with E-state index < -0.39 is 6.04 Å². The summed E-state index contributed by atoms with van der Waals surface area (Å²) >= 11 is 0. The molecular weight excluding hydrogens is 167 g/mol. The third-order valence-electron chi connectivity index (χ3n) is 1.82. The van der Waals surface area contributed by atoms with Gasteiger partial charge in [-0.25, -0.2) is 0 Å². The van der Waals surface area contributed by atoms with Gasteiger partial charge in [0.2, 0.25) is 0 Å². The van der Waals surface area contributed by atoms with E-state index >= 15 is 0 Å². The number of hydrogen-bond acceptors (Lipinski definition) is 1. The van der Waals surface area contributed by atoms with Crippen LogP contribution in [0.15, 0.2) is 24.3 Å². The number of rotatable bonds is 3. The normalized spacial score (nSPS) is 10.5. The Morgan fingerprint density at radius 1 is 1.31 bits per heavy atom. The summed E-state index contributed by atoms with van der Waals surface area (Å²) < 4.78 is 12.2. The monoisotopic (exact) mass is 180 g/mol. The molecule has 0 spiro atoms. The lowest BCUT2D eigenvalue weighted by atomic mass is 10.0. The van der Waals surface area contributed by atoms with Crippen LogP contribution in [-0.4, -0.2) is 6.04 Å². The molecule has 70 valence electrons. The van der Waals surface area contributed by atoms with Gasteiger partial charge in [-0.1, -0.05) is 26.0 Å². The smallest absolute Gasteiger partial charge is 0.255 e. The Balaban J connectivity index is 2.75. The molecule has 0 radical (unpaired) electrons. The van der Waals surface area contributed by atoms with Gasteiger partial charge in [0.15, 0.2) is 0 Å². The molecule has 1 aromatic rings. The molecule has 0 aliphatic carbocycles. The topological polar surface area (TPSA) is 17.1 Å². The fourth-order valence-electron chi connectivity index (χ4n) is 1.24. The first-order valence-electron chi connectivity index (χ1n) is 4.38. The van der Waals surface area contributed by atoms with Crippen LogP contribution < -0.4 is 0 Å². The molecule has 1 aromatic carbocycles. The van der Waals surface area contributed by atoms with E-state index in [0.717, 1.165) is 12.0 Å². The number of hydrogen-bond donors (Lipinski definition) is 0. The van der Waals surface area contributed by atoms with Crippen molar-refractivity contribution in [2.75, 3.05) is 0 Å². The zero-order valence-electron chi connectivity index (χ0n) is 7.88. The van der Waals surface area contributed by atoms with Gasteiger partial charge in [0, 0.05) is 0 Å². The van der Waals surface area contributed by atoms with Crippen molar-refractivity contribution in [1.82, 2.24) is 0 Å². The predicted octanol–water partition coefficient (Wildman–Crippen LogP) is 2.99. The lowest BCUT2D eigenvalue weighted by Crippen LogP contribution is -1.95. The van der Waals surface area contributed by atoms with E-state index in [1.54, 1.807) is 12.1 Å². The van der Waals surface area contributed by atoms with Crippen LogP contribution in [0, 0.1) is 5.92 Å². The molecule has 0 bridgehead atoms. The Kier molecular flexibility index (Phi) is 3.18. The van der Waals surface area contributed by atoms with Gasteiger partial charge in [0.05, 0.1) is 5.56 Å². The first-order chi connectivity index (χ1) is 6.09. The van der Waals surface area contributed by atoms with Gasteiger partial charge in [-0.3, -0.25) is 4.79 Å². The Morgan fingerprint density at radius 2 is 1.85 bits per heavy atom. The molecule has 1 nitrogen and oxygen atoms in total. The predicted molar refractivity (Wildman–Crippen MR) is 50.4 cm³/mol. The highest BCUT2D eigenvalue weighted by atomic mass is 19.1. The van der Waals surface area contributed by atoms with E-state index in [1.165, 1.54) is 12.1 Å². The molecule has 0 amide bonds. The van der Waals surface area contributed by atoms with E-state index in [-0.39, 0.29) is 5.56 Å². The number of carbonyl (C=O) groups is 1. The Hall–Kier alpha value is -1.18. The van der Waals surface area contributed by atoms with Gasteiger partial charge in [-0.15, -0.1) is 0 Å². The molecule has 0 saturated heterocycles. The van der Waals surface area contributed by atoms with E-state index in [4.69, 9.17) is 0 Å². The van der Waals surface area contributed by atoms with E-state index in [1.807, 2.05) is 0 Å². The van der Waals surface area contributed by atoms with Gasteiger partial charge >= 0.3 is 6.04 Å². The van der Waals surface area contributed by atoms with Crippen molar-refractivity contribution < 1.29 is 9.18 Å². The molecule has 0 heterocycles. The summed E-state index contributed by atoms with van der Waals surface area (Å²) in [6, 6.07) is 5.29. The Bertz CT molecular complexity index is 287. The van der Waals surface area contributed by atoms with Crippen LogP contribution in [0.3, 0.4) is 0 Å². The van der Waals surface area contributed by atoms with Gasteiger partial charge < -0.3 is 0 Å². The molecule has 0 aliphatic heterocycles. The maximum atomic E-state index is 12.2. The molecule has 13 heavy (non-hydrogen) atoms. The summed E-state index contributed by atoms with van der Waals surface area (Å²) in [6.45, 7) is 4.24. The molecule has 2 heteroatoms. The van der Waals surface area contributed by atoms with Crippen LogP contribution in [0.4, 0.5) is 4.39 Å². The lowest BCUT2D eigenvalue weighted by Gasteiger charge is -2.04. The van der Waals surface area contributed by atoms with E-state index in [9.17, 15) is 9.18 Å². The molecule has 0 saturated carbocycles. The van der Waals surface area contributed by atoms with Crippen molar-refractivity contribution in [3.8, 4) is 0 Å². The number of halogens is 1. The summed E-state index contributed by atoms with van der Waals surface area (Å²) in [6.07, 6.45) is 0.959. The highest BCUT2D eigenvalue weighted by Gasteiger charge is 2.03. The summed E-state index contributed by atoms with van der Waals surface area (Å²) in [5, 5.41) is 0. The Labute approximate surface area is 77.6 Å². The second kappa shape index (κ2) is 4.17. The highest BCUT2D eigenvalue weighted by molar-refractivity contribution is 5.88. The van der Waals surface area contributed by atoms with Crippen molar-refractivity contribution in [3.05, 3.63) is 35.4 Å². The number of carbonyl (C=O) groups excluding carboxylic acids is 1. The molecule has 0 fully saturated rings. The van der Waals surface area contributed by atoms with Gasteiger partial charge in [0.25, 0.3) is 0 Å². The first-order valence-corrected chi connectivity index (χ1v) is 4.38. The number of benzene rings is 1. The maximum absolute atomic E-state index is 12.2. The summed E-state index contributed by atoms with van der Waals surface area (Å²) in [7, 11) is 0. The largest absolute Gasteiger partial charge is 0.332 e. The standard InChI is InChI=1S/C11H13FO/c1-8(2)7-9-3-5-10(6-4-9)11(12)13/h3-6,8H,7H2,1-2H3. The van der Waals surface area contributed by atoms with Crippen molar-refractivity contribution >= 4 is 6.04 Å². The molecule has 0 atom stereocenters. The molecule has 0 unspecified atom stereocenters. The van der Waals surface area contributed by atoms with Crippen LogP contribution in [-0.2, 0) is 6.42 Å². The lowest BCUT2D eigenvalue weighted by molar-refractivity contribution is 0.0836. The molecule has 1 rings (SSSR count). The van der Waals surface area contributed by atoms with Crippen LogP contribution >= 0.6 is 0 Å². The van der Waals surface area contributed by atoms with Gasteiger partial charge in [0.1, 0.15) is 0 Å². The van der Waals surface area contributed by atoms with Crippen LogP contribution in [0.2, 0.25) is 0 Å². The van der Waals surface area contributed by atoms with Gasteiger partial charge in [-0.2, -0.15) is 4.39 Å². The van der Waals surface area contributed by atoms with E-state index in [2.05, 4.69) is 13.8 Å². The van der Waals surface area contributed by atoms with Crippen LogP contribution in [0.1, 0.15) is 29.8 Å². The molecule has 0 N–H and O–H groups in total. The molecular formula is C11H13FO. The minimum absolute atomic E-state index is 0.132. The second-order valence-corrected chi connectivity index (χ2v) is 3.57. The zero-order valence-corrected chi connectivity index (χ0v) is 7.88. The minimum atomic E-state index is -1.36. The minimum Gasteiger partial charge on any atom is -0.255 e. The van der Waals surface area contributed by atoms with Crippen molar-refractivity contribution in [2.24, 2.45) is 5.92 Å². The quantitative estimate of drug-likeness (QED) is 0.653. The average molecular weight is 180 g/mol. The van der Waals surface area contributed by atoms with Crippen molar-refractivity contribution in [2.45, 2.75) is 20.3 Å². The first kappa shape index (κ1) is 9.90. The molecule has 0 aromatic heterocycles. The third-order valence-corrected chi connectivity index (χ3v) is 1.82. The van der Waals surface area contributed by atoms with Crippen LogP contribution in [0.5, 0.6) is 0 Å². The zero-order chi connectivity index (χ0) is 9.84. The van der Waals surface area contributed by atoms with Crippen molar-refractivity contribution in [1.29, 1.82) is 0 Å². The summed E-state index contributed by atoms with van der Waals surface area (Å²) in [5.74, 6) is 0.576. The highest BCUT2D eigenvalue weighted by Crippen LogP contribution is 2.10. The Morgan fingerprint density at radius 3 is 2.23 bits per heavy atom. The fourth-order valence-corrected chi connectivity index (χ4v) is 1.24. The molecule has 0 aliphatic rings. The van der Waals surface area contributed by atoms with Gasteiger partial charge in [-0.05, 0) is 30.0 Å². The van der Waals surface area contributed by atoms with E-state index in [0.29, 0.717) is 5.92 Å². The average Bonchev–Trinajstić information content (AvgIpc) is 2.04. The summed E-state index contributed by atoms with van der Waals surface area (Å²) in [4.78, 5) is 10.3. The van der Waals surface area contributed by atoms with Crippen LogP contribution in [0.25, 0.3) is 0 Å². The SMILES string of the molecule is CC(C)Cc1ccc(C(=O)F)cc1.